The first-order valence-corrected chi connectivity index (χ1v) is 7.17. The van der Waals surface area contributed by atoms with Crippen molar-refractivity contribution in [3.63, 3.8) is 0 Å². The molecular formula is C15H17N3O2. The highest BCUT2D eigenvalue weighted by Crippen LogP contribution is 2.41. The molecule has 3 aliphatic rings. The first-order chi connectivity index (χ1) is 9.72. The highest BCUT2D eigenvalue weighted by molar-refractivity contribution is 5.98. The fourth-order valence-corrected chi connectivity index (χ4v) is 3.39. The van der Waals surface area contributed by atoms with E-state index in [0.29, 0.717) is 36.3 Å². The fraction of sp³-hybridized carbons (Fsp3) is 0.467. The molecule has 0 radical (unpaired) electrons. The zero-order chi connectivity index (χ0) is 13.7. The Morgan fingerprint density at radius 3 is 2.80 bits per heavy atom. The summed E-state index contributed by atoms with van der Waals surface area (Å²) in [6.45, 7) is 2.04. The van der Waals surface area contributed by atoms with E-state index in [1.54, 1.807) is 6.07 Å². The third kappa shape index (κ3) is 1.89. The van der Waals surface area contributed by atoms with Crippen LogP contribution in [-0.2, 0) is 11.2 Å². The first kappa shape index (κ1) is 11.9. The van der Waals surface area contributed by atoms with Gasteiger partial charge in [-0.15, -0.1) is 0 Å². The second-order valence-corrected chi connectivity index (χ2v) is 5.91. The monoisotopic (exact) mass is 271 g/mol. The molecule has 0 bridgehead atoms. The van der Waals surface area contributed by atoms with Gasteiger partial charge in [-0.05, 0) is 42.0 Å². The summed E-state index contributed by atoms with van der Waals surface area (Å²) >= 11 is 0. The topological polar surface area (TPSA) is 70.2 Å². The smallest absolute Gasteiger partial charge is 0.251 e. The molecule has 5 nitrogen and oxygen atoms in total. The molecule has 2 atom stereocenters. The zero-order valence-corrected chi connectivity index (χ0v) is 11.1. The molecule has 2 unspecified atom stereocenters. The summed E-state index contributed by atoms with van der Waals surface area (Å²) in [6.07, 6.45) is 1.21. The number of nitrogens with one attached hydrogen (secondary N) is 3. The van der Waals surface area contributed by atoms with Gasteiger partial charge in [0.25, 0.3) is 5.91 Å². The molecule has 1 saturated carbocycles. The Hall–Kier alpha value is -1.88. The van der Waals surface area contributed by atoms with Crippen LogP contribution >= 0.6 is 0 Å². The molecule has 1 aliphatic carbocycles. The number of amides is 2. The summed E-state index contributed by atoms with van der Waals surface area (Å²) in [4.78, 5) is 23.6. The van der Waals surface area contributed by atoms with Crippen LogP contribution in [0, 0.1) is 11.8 Å². The van der Waals surface area contributed by atoms with Gasteiger partial charge in [0.1, 0.15) is 0 Å². The first-order valence-electron chi connectivity index (χ1n) is 7.17. The van der Waals surface area contributed by atoms with Gasteiger partial charge in [-0.1, -0.05) is 0 Å². The van der Waals surface area contributed by atoms with Crippen molar-refractivity contribution in [1.82, 2.24) is 10.6 Å². The second kappa shape index (κ2) is 4.31. The van der Waals surface area contributed by atoms with Crippen LogP contribution in [-0.4, -0.2) is 30.9 Å². The van der Waals surface area contributed by atoms with E-state index in [0.717, 1.165) is 24.3 Å². The maximum absolute atomic E-state index is 12.3. The minimum absolute atomic E-state index is 0.00380. The predicted molar refractivity (Wildman–Crippen MR) is 74.5 cm³/mol. The Labute approximate surface area is 117 Å². The number of rotatable bonds is 2. The van der Waals surface area contributed by atoms with E-state index in [-0.39, 0.29) is 11.8 Å². The van der Waals surface area contributed by atoms with E-state index in [1.165, 1.54) is 0 Å². The van der Waals surface area contributed by atoms with Gasteiger partial charge in [-0.3, -0.25) is 9.59 Å². The molecule has 2 aliphatic heterocycles. The Kier molecular flexibility index (Phi) is 2.57. The van der Waals surface area contributed by atoms with Gasteiger partial charge in [0.15, 0.2) is 0 Å². The summed E-state index contributed by atoms with van der Waals surface area (Å²) < 4.78 is 0. The lowest BCUT2D eigenvalue weighted by molar-refractivity contribution is -0.116. The van der Waals surface area contributed by atoms with Crippen molar-refractivity contribution in [3.05, 3.63) is 29.3 Å². The molecular weight excluding hydrogens is 254 g/mol. The van der Waals surface area contributed by atoms with Gasteiger partial charge >= 0.3 is 0 Å². The maximum atomic E-state index is 12.3. The molecule has 0 aromatic heterocycles. The number of aryl methyl sites for hydroxylation is 1. The summed E-state index contributed by atoms with van der Waals surface area (Å²) in [7, 11) is 0. The number of fused-ring (bicyclic) bond motifs is 2. The molecule has 0 spiro atoms. The summed E-state index contributed by atoms with van der Waals surface area (Å²) in [5.74, 6) is 1.30. The van der Waals surface area contributed by atoms with Crippen LogP contribution in [0.4, 0.5) is 5.69 Å². The van der Waals surface area contributed by atoms with E-state index in [2.05, 4.69) is 16.0 Å². The lowest BCUT2D eigenvalue weighted by Gasteiger charge is -2.17. The Morgan fingerprint density at radius 2 is 2.00 bits per heavy atom. The Balaban J connectivity index is 1.48. The van der Waals surface area contributed by atoms with Gasteiger partial charge in [0.05, 0.1) is 0 Å². The van der Waals surface area contributed by atoms with Crippen LogP contribution in [0.15, 0.2) is 18.2 Å². The molecule has 104 valence electrons. The summed E-state index contributed by atoms with van der Waals surface area (Å²) in [5.41, 5.74) is 2.58. The third-order valence-corrected chi connectivity index (χ3v) is 4.65. The zero-order valence-electron chi connectivity index (χ0n) is 11.1. The molecule has 2 heterocycles. The maximum Gasteiger partial charge on any atom is 0.251 e. The normalized spacial score (nSPS) is 30.2. The van der Waals surface area contributed by atoms with Gasteiger partial charge in [-0.25, -0.2) is 0 Å². The molecule has 20 heavy (non-hydrogen) atoms. The highest BCUT2D eigenvalue weighted by Gasteiger charge is 2.53. The van der Waals surface area contributed by atoms with E-state index in [1.807, 2.05) is 12.1 Å². The number of anilines is 1. The molecule has 1 aromatic rings. The van der Waals surface area contributed by atoms with Crippen LogP contribution in [0.2, 0.25) is 0 Å². The Morgan fingerprint density at radius 1 is 1.20 bits per heavy atom. The van der Waals surface area contributed by atoms with Gasteiger partial charge in [0.2, 0.25) is 5.91 Å². The molecule has 3 N–H and O–H groups in total. The molecule has 2 amide bonds. The van der Waals surface area contributed by atoms with Crippen LogP contribution in [0.1, 0.15) is 22.3 Å². The van der Waals surface area contributed by atoms with E-state index in [9.17, 15) is 9.59 Å². The number of benzene rings is 1. The van der Waals surface area contributed by atoms with Gasteiger partial charge in [-0.2, -0.15) is 0 Å². The van der Waals surface area contributed by atoms with Crippen LogP contribution in [0.25, 0.3) is 0 Å². The number of hydrogen-bond donors (Lipinski definition) is 3. The fourth-order valence-electron chi connectivity index (χ4n) is 3.39. The van der Waals surface area contributed by atoms with Gasteiger partial charge in [0, 0.05) is 36.8 Å². The summed E-state index contributed by atoms with van der Waals surface area (Å²) in [6, 6.07) is 5.87. The predicted octanol–water partition coefficient (Wildman–Crippen LogP) is 0.519. The average molecular weight is 271 g/mol. The second-order valence-electron chi connectivity index (χ2n) is 5.91. The van der Waals surface area contributed by atoms with Crippen LogP contribution in [0.3, 0.4) is 0 Å². The van der Waals surface area contributed by atoms with Crippen molar-refractivity contribution >= 4 is 17.5 Å². The standard InChI is InChI=1S/C15H17N3O2/c19-13-4-2-8-5-9(1-3-12(8)17-13)15(20)18-14-10-6-16-7-11(10)14/h1,3,5,10-11,14,16H,2,4,6-7H2,(H,17,19)(H,18,20). The van der Waals surface area contributed by atoms with Crippen molar-refractivity contribution < 1.29 is 9.59 Å². The van der Waals surface area contributed by atoms with E-state index >= 15 is 0 Å². The highest BCUT2D eigenvalue weighted by atomic mass is 16.2. The van der Waals surface area contributed by atoms with Crippen LogP contribution in [0.5, 0.6) is 0 Å². The van der Waals surface area contributed by atoms with E-state index in [4.69, 9.17) is 0 Å². The van der Waals surface area contributed by atoms with Crippen molar-refractivity contribution in [3.8, 4) is 0 Å². The number of hydrogen-bond acceptors (Lipinski definition) is 3. The molecule has 5 heteroatoms. The van der Waals surface area contributed by atoms with Crippen LogP contribution < -0.4 is 16.0 Å². The lowest BCUT2D eigenvalue weighted by atomic mass is 10.00. The molecule has 2 fully saturated rings. The molecule has 1 aromatic carbocycles. The number of carbonyl (C=O) groups is 2. The quantitative estimate of drug-likeness (QED) is 0.734. The lowest BCUT2D eigenvalue weighted by Crippen LogP contribution is -2.32. The van der Waals surface area contributed by atoms with Crippen molar-refractivity contribution in [1.29, 1.82) is 0 Å². The minimum Gasteiger partial charge on any atom is -0.349 e. The third-order valence-electron chi connectivity index (χ3n) is 4.65. The van der Waals surface area contributed by atoms with Crippen molar-refractivity contribution in [2.75, 3.05) is 18.4 Å². The number of piperidine rings is 1. The number of carbonyl (C=O) groups excluding carboxylic acids is 2. The van der Waals surface area contributed by atoms with Crippen molar-refractivity contribution in [2.45, 2.75) is 18.9 Å². The molecule has 4 rings (SSSR count). The molecule has 1 saturated heterocycles. The van der Waals surface area contributed by atoms with E-state index < -0.39 is 0 Å². The average Bonchev–Trinajstić information content (AvgIpc) is 2.87. The largest absolute Gasteiger partial charge is 0.349 e. The van der Waals surface area contributed by atoms with Crippen molar-refractivity contribution in [2.24, 2.45) is 11.8 Å². The SMILES string of the molecule is O=C1CCc2cc(C(=O)NC3C4CNCC43)ccc2N1. The Bertz CT molecular complexity index is 589. The minimum atomic E-state index is 0.00380. The summed E-state index contributed by atoms with van der Waals surface area (Å²) in [5, 5.41) is 9.27. The van der Waals surface area contributed by atoms with Gasteiger partial charge < -0.3 is 16.0 Å².